The molecule has 2 aromatic rings. The molecule has 0 atom stereocenters. The Bertz CT molecular complexity index is 512. The minimum atomic E-state index is -0.206. The molecule has 0 aliphatic heterocycles. The zero-order chi connectivity index (χ0) is 12.1. The Morgan fingerprint density at radius 2 is 1.94 bits per heavy atom. The Balaban J connectivity index is 2.19. The molecule has 4 nitrogen and oxygen atoms in total. The van der Waals surface area contributed by atoms with Crippen LogP contribution in [-0.4, -0.2) is 18.0 Å². The summed E-state index contributed by atoms with van der Waals surface area (Å²) in [4.78, 5) is 15.9. The van der Waals surface area contributed by atoms with E-state index in [4.69, 9.17) is 4.74 Å². The van der Waals surface area contributed by atoms with Crippen molar-refractivity contribution in [3.63, 3.8) is 0 Å². The summed E-state index contributed by atoms with van der Waals surface area (Å²) in [6, 6.07) is 12.5. The van der Waals surface area contributed by atoms with Gasteiger partial charge in [-0.05, 0) is 24.3 Å². The van der Waals surface area contributed by atoms with Gasteiger partial charge in [-0.3, -0.25) is 4.79 Å². The van der Waals surface area contributed by atoms with Crippen molar-refractivity contribution in [2.45, 2.75) is 0 Å². The summed E-state index contributed by atoms with van der Waals surface area (Å²) in [5.74, 6) is 0.753. The molecule has 0 unspecified atom stereocenters. The van der Waals surface area contributed by atoms with Gasteiger partial charge in [-0.1, -0.05) is 18.2 Å². The van der Waals surface area contributed by atoms with Crippen LogP contribution >= 0.6 is 0 Å². The van der Waals surface area contributed by atoms with E-state index in [-0.39, 0.29) is 5.91 Å². The largest absolute Gasteiger partial charge is 0.493 e. The van der Waals surface area contributed by atoms with Crippen LogP contribution in [0.5, 0.6) is 5.75 Å². The number of nitrogens with zero attached hydrogens (tertiary/aromatic N) is 1. The van der Waals surface area contributed by atoms with Gasteiger partial charge in [-0.2, -0.15) is 0 Å². The number of carbonyl (C=O) groups excluding carboxylic acids is 1. The summed E-state index contributed by atoms with van der Waals surface area (Å²) in [7, 11) is 1.54. The second-order valence-electron chi connectivity index (χ2n) is 3.37. The van der Waals surface area contributed by atoms with E-state index in [0.29, 0.717) is 17.1 Å². The molecule has 0 bridgehead atoms. The second-order valence-corrected chi connectivity index (χ2v) is 3.37. The number of aromatic nitrogens is 1. The van der Waals surface area contributed by atoms with Gasteiger partial charge in [-0.15, -0.1) is 0 Å². The number of hydrogen-bond donors (Lipinski definition) is 1. The Labute approximate surface area is 99.3 Å². The van der Waals surface area contributed by atoms with Gasteiger partial charge in [-0.25, -0.2) is 4.98 Å². The fraction of sp³-hybridized carbons (Fsp3) is 0.0769. The number of amides is 1. The molecular weight excluding hydrogens is 216 g/mol. The van der Waals surface area contributed by atoms with Crippen molar-refractivity contribution in [3.8, 4) is 5.75 Å². The van der Waals surface area contributed by atoms with Crippen LogP contribution < -0.4 is 10.1 Å². The van der Waals surface area contributed by atoms with E-state index < -0.39 is 0 Å². The number of benzene rings is 1. The topological polar surface area (TPSA) is 51.2 Å². The van der Waals surface area contributed by atoms with E-state index in [9.17, 15) is 4.79 Å². The number of ether oxygens (including phenoxy) is 1. The van der Waals surface area contributed by atoms with E-state index in [1.807, 2.05) is 18.2 Å². The highest BCUT2D eigenvalue weighted by atomic mass is 16.5. The standard InChI is InChI=1S/C13H12N2O2/c1-17-11-8-5-9-14-12(11)15-13(16)10-6-3-2-4-7-10/h2-9H,1H3,(H,14,15,16). The molecule has 4 heteroatoms. The number of carbonyl (C=O) groups is 1. The van der Waals surface area contributed by atoms with Crippen molar-refractivity contribution in [1.82, 2.24) is 4.98 Å². The minimum absolute atomic E-state index is 0.206. The number of nitrogens with one attached hydrogen (secondary N) is 1. The highest BCUT2D eigenvalue weighted by Crippen LogP contribution is 2.20. The van der Waals surface area contributed by atoms with Crippen LogP contribution in [0.25, 0.3) is 0 Å². The fourth-order valence-electron chi connectivity index (χ4n) is 1.42. The Morgan fingerprint density at radius 1 is 1.18 bits per heavy atom. The van der Waals surface area contributed by atoms with Crippen LogP contribution in [0.1, 0.15) is 10.4 Å². The summed E-state index contributed by atoms with van der Waals surface area (Å²) < 4.78 is 5.10. The lowest BCUT2D eigenvalue weighted by atomic mass is 10.2. The van der Waals surface area contributed by atoms with Crippen molar-refractivity contribution in [2.75, 3.05) is 12.4 Å². The van der Waals surface area contributed by atoms with E-state index >= 15 is 0 Å². The monoisotopic (exact) mass is 228 g/mol. The molecule has 0 spiro atoms. The van der Waals surface area contributed by atoms with Gasteiger partial charge >= 0.3 is 0 Å². The van der Waals surface area contributed by atoms with Crippen molar-refractivity contribution in [1.29, 1.82) is 0 Å². The SMILES string of the molecule is COc1cccnc1NC(=O)c1ccccc1. The molecule has 0 aliphatic carbocycles. The van der Waals surface area contributed by atoms with Gasteiger partial charge in [0, 0.05) is 11.8 Å². The summed E-state index contributed by atoms with van der Waals surface area (Å²) >= 11 is 0. The van der Waals surface area contributed by atoms with Crippen LogP contribution in [0.4, 0.5) is 5.82 Å². The number of methoxy groups -OCH3 is 1. The summed E-state index contributed by atoms with van der Waals surface area (Å²) in [5.41, 5.74) is 0.584. The number of rotatable bonds is 3. The van der Waals surface area contributed by atoms with E-state index in [2.05, 4.69) is 10.3 Å². The molecule has 86 valence electrons. The number of anilines is 1. The molecule has 0 saturated carbocycles. The molecule has 0 radical (unpaired) electrons. The number of hydrogen-bond acceptors (Lipinski definition) is 3. The lowest BCUT2D eigenvalue weighted by Crippen LogP contribution is -2.13. The summed E-state index contributed by atoms with van der Waals surface area (Å²) in [6.07, 6.45) is 1.60. The lowest BCUT2D eigenvalue weighted by molar-refractivity contribution is 0.102. The van der Waals surface area contributed by atoms with Crippen LogP contribution in [0.15, 0.2) is 48.7 Å². The molecule has 1 amide bonds. The van der Waals surface area contributed by atoms with Gasteiger partial charge in [0.05, 0.1) is 7.11 Å². The van der Waals surface area contributed by atoms with Gasteiger partial charge in [0.25, 0.3) is 5.91 Å². The maximum absolute atomic E-state index is 11.9. The molecule has 1 heterocycles. The molecule has 1 aromatic heterocycles. The third-order valence-corrected chi connectivity index (χ3v) is 2.26. The lowest BCUT2D eigenvalue weighted by Gasteiger charge is -2.08. The van der Waals surface area contributed by atoms with Crippen molar-refractivity contribution in [2.24, 2.45) is 0 Å². The number of pyridine rings is 1. The maximum atomic E-state index is 11.9. The molecule has 17 heavy (non-hydrogen) atoms. The van der Waals surface area contributed by atoms with E-state index in [0.717, 1.165) is 0 Å². The van der Waals surface area contributed by atoms with E-state index in [1.165, 1.54) is 7.11 Å². The highest BCUT2D eigenvalue weighted by Gasteiger charge is 2.09. The smallest absolute Gasteiger partial charge is 0.256 e. The zero-order valence-corrected chi connectivity index (χ0v) is 9.38. The second kappa shape index (κ2) is 5.12. The Morgan fingerprint density at radius 3 is 2.65 bits per heavy atom. The Kier molecular flexibility index (Phi) is 3.35. The minimum Gasteiger partial charge on any atom is -0.493 e. The van der Waals surface area contributed by atoms with Crippen molar-refractivity contribution >= 4 is 11.7 Å². The average molecular weight is 228 g/mol. The summed E-state index contributed by atoms with van der Waals surface area (Å²) in [5, 5.41) is 2.70. The molecule has 1 N–H and O–H groups in total. The Hall–Kier alpha value is -2.36. The summed E-state index contributed by atoms with van der Waals surface area (Å²) in [6.45, 7) is 0. The normalized spacial score (nSPS) is 9.71. The van der Waals surface area contributed by atoms with Crippen LogP contribution in [0, 0.1) is 0 Å². The molecule has 0 saturated heterocycles. The van der Waals surface area contributed by atoms with Gasteiger partial charge in [0.1, 0.15) is 0 Å². The third kappa shape index (κ3) is 2.60. The van der Waals surface area contributed by atoms with Gasteiger partial charge in [0.15, 0.2) is 11.6 Å². The molecule has 0 fully saturated rings. The maximum Gasteiger partial charge on any atom is 0.256 e. The van der Waals surface area contributed by atoms with E-state index in [1.54, 1.807) is 30.5 Å². The van der Waals surface area contributed by atoms with Crippen LogP contribution in [-0.2, 0) is 0 Å². The average Bonchev–Trinajstić information content (AvgIpc) is 2.40. The van der Waals surface area contributed by atoms with Gasteiger partial charge in [0.2, 0.25) is 0 Å². The van der Waals surface area contributed by atoms with Crippen LogP contribution in [0.2, 0.25) is 0 Å². The molecule has 0 aliphatic rings. The zero-order valence-electron chi connectivity index (χ0n) is 9.38. The first-order valence-electron chi connectivity index (χ1n) is 5.16. The van der Waals surface area contributed by atoms with Crippen LogP contribution in [0.3, 0.4) is 0 Å². The third-order valence-electron chi connectivity index (χ3n) is 2.26. The first-order chi connectivity index (χ1) is 8.31. The predicted octanol–water partition coefficient (Wildman–Crippen LogP) is 2.34. The first-order valence-corrected chi connectivity index (χ1v) is 5.16. The predicted molar refractivity (Wildman–Crippen MR) is 65.2 cm³/mol. The highest BCUT2D eigenvalue weighted by molar-refractivity contribution is 6.04. The van der Waals surface area contributed by atoms with Crippen molar-refractivity contribution in [3.05, 3.63) is 54.2 Å². The molecule has 1 aromatic carbocycles. The molecular formula is C13H12N2O2. The van der Waals surface area contributed by atoms with Crippen molar-refractivity contribution < 1.29 is 9.53 Å². The first kappa shape index (κ1) is 11.1. The molecule has 2 rings (SSSR count). The van der Waals surface area contributed by atoms with Gasteiger partial charge < -0.3 is 10.1 Å². The fourth-order valence-corrected chi connectivity index (χ4v) is 1.42. The quantitative estimate of drug-likeness (QED) is 0.877.